The van der Waals surface area contributed by atoms with Crippen LogP contribution in [0.1, 0.15) is 35.6 Å². The summed E-state index contributed by atoms with van der Waals surface area (Å²) < 4.78 is 39.9. The summed E-state index contributed by atoms with van der Waals surface area (Å²) in [6.07, 6.45) is 0.764. The number of hydrogen-bond donors (Lipinski definition) is 1. The molecule has 6 rings (SSSR count). The van der Waals surface area contributed by atoms with Gasteiger partial charge in [0.25, 0.3) is 0 Å². The summed E-state index contributed by atoms with van der Waals surface area (Å²) in [6, 6.07) is 15.3. The molecule has 33 heavy (non-hydrogen) atoms. The molecule has 0 radical (unpaired) electrons. The van der Waals surface area contributed by atoms with Crippen LogP contribution in [0, 0.1) is 11.8 Å². The molecule has 1 aromatic heterocycles. The molecule has 170 valence electrons. The molecule has 1 saturated carbocycles. The van der Waals surface area contributed by atoms with Crippen LogP contribution in [0.25, 0.3) is 10.9 Å². The maximum Gasteiger partial charge on any atom is 0.416 e. The molecule has 1 N–H and O–H groups in total. The fourth-order valence-corrected chi connectivity index (χ4v) is 7.31. The zero-order chi connectivity index (χ0) is 23.0. The van der Waals surface area contributed by atoms with Crippen LogP contribution in [0.4, 0.5) is 13.2 Å². The molecule has 5 unspecified atom stereocenters. The van der Waals surface area contributed by atoms with Gasteiger partial charge in [-0.2, -0.15) is 13.2 Å². The summed E-state index contributed by atoms with van der Waals surface area (Å²) in [4.78, 5) is 4.43. The number of aliphatic hydroxyl groups is 1. The number of benzene rings is 2. The molecule has 3 aromatic rings. The third-order valence-electron chi connectivity index (χ3n) is 8.75. The van der Waals surface area contributed by atoms with Crippen molar-refractivity contribution < 1.29 is 22.8 Å². The highest BCUT2D eigenvalue weighted by Gasteiger charge is 2.87. The molecule has 0 bridgehead atoms. The number of alkyl halides is 3. The Balaban J connectivity index is 1.37. The van der Waals surface area contributed by atoms with E-state index in [-0.39, 0.29) is 11.6 Å². The summed E-state index contributed by atoms with van der Waals surface area (Å²) in [5, 5.41) is 12.6. The van der Waals surface area contributed by atoms with Gasteiger partial charge in [0, 0.05) is 35.4 Å². The fraction of sp³-hybridized carbons (Fsp3) is 0.370. The van der Waals surface area contributed by atoms with Gasteiger partial charge in [-0.3, -0.25) is 4.98 Å². The number of halogens is 3. The van der Waals surface area contributed by atoms with Gasteiger partial charge in [0.15, 0.2) is 0 Å². The maximum atomic E-state index is 13.1. The third kappa shape index (κ3) is 2.74. The molecule has 3 nitrogen and oxygen atoms in total. The van der Waals surface area contributed by atoms with E-state index in [1.54, 1.807) is 18.3 Å². The van der Waals surface area contributed by atoms with Gasteiger partial charge in [-0.05, 0) is 29.8 Å². The van der Waals surface area contributed by atoms with Crippen LogP contribution in [-0.2, 0) is 12.7 Å². The second-order valence-electron chi connectivity index (χ2n) is 9.89. The molecule has 6 atom stereocenters. The van der Waals surface area contributed by atoms with Gasteiger partial charge in [0.1, 0.15) is 24.2 Å². The van der Waals surface area contributed by atoms with Crippen molar-refractivity contribution in [3.8, 4) is 0 Å². The number of para-hydroxylation sites is 1. The van der Waals surface area contributed by atoms with Crippen molar-refractivity contribution in [1.82, 2.24) is 4.98 Å². The van der Waals surface area contributed by atoms with E-state index >= 15 is 0 Å². The smallest absolute Gasteiger partial charge is 0.382 e. The first-order chi connectivity index (χ1) is 15.8. The van der Waals surface area contributed by atoms with Crippen molar-refractivity contribution >= 4 is 10.9 Å². The Morgan fingerprint density at radius 3 is 2.61 bits per heavy atom. The first-order valence-electron chi connectivity index (χ1n) is 11.5. The second-order valence-corrected chi connectivity index (χ2v) is 9.89. The minimum atomic E-state index is -4.34. The van der Waals surface area contributed by atoms with E-state index in [0.29, 0.717) is 18.4 Å². The molecule has 0 amide bonds. The van der Waals surface area contributed by atoms with E-state index in [9.17, 15) is 18.3 Å². The van der Waals surface area contributed by atoms with Crippen LogP contribution >= 0.6 is 0 Å². The van der Waals surface area contributed by atoms with E-state index in [1.807, 2.05) is 36.4 Å². The number of aromatic nitrogens is 1. The molecule has 1 spiro atoms. The van der Waals surface area contributed by atoms with Crippen molar-refractivity contribution in [1.29, 1.82) is 0 Å². The monoisotopic (exact) mass is 451 g/mol. The van der Waals surface area contributed by atoms with Crippen LogP contribution in [0.15, 0.2) is 73.4 Å². The maximum absolute atomic E-state index is 13.1. The number of aliphatic hydroxyl groups excluding tert-OH is 1. The predicted molar refractivity (Wildman–Crippen MR) is 120 cm³/mol. The zero-order valence-corrected chi connectivity index (χ0v) is 18.2. The largest absolute Gasteiger partial charge is 0.416 e. The highest BCUT2D eigenvalue weighted by Crippen LogP contribution is 2.76. The van der Waals surface area contributed by atoms with E-state index in [1.165, 1.54) is 12.1 Å². The number of quaternary nitrogens is 1. The van der Waals surface area contributed by atoms with E-state index in [2.05, 4.69) is 11.6 Å². The number of nitrogens with zero attached hydrogens (tertiary/aromatic N) is 2. The van der Waals surface area contributed by atoms with Crippen LogP contribution in [0.3, 0.4) is 0 Å². The van der Waals surface area contributed by atoms with Crippen molar-refractivity contribution in [2.75, 3.05) is 6.54 Å². The summed E-state index contributed by atoms with van der Waals surface area (Å²) in [5.41, 5.74) is 2.06. The second kappa shape index (κ2) is 6.90. The molecule has 6 heteroatoms. The minimum absolute atomic E-state index is 0.00644. The van der Waals surface area contributed by atoms with Gasteiger partial charge in [-0.15, -0.1) is 6.58 Å². The van der Waals surface area contributed by atoms with Crippen molar-refractivity contribution in [3.63, 3.8) is 0 Å². The van der Waals surface area contributed by atoms with Gasteiger partial charge in [-0.25, -0.2) is 0 Å². The Hall–Kier alpha value is -2.70. The van der Waals surface area contributed by atoms with Gasteiger partial charge < -0.3 is 9.59 Å². The molecule has 1 aliphatic carbocycles. The number of hydrogen-bond acceptors (Lipinski definition) is 2. The average molecular weight is 452 g/mol. The van der Waals surface area contributed by atoms with Gasteiger partial charge >= 0.3 is 6.18 Å². The fourth-order valence-electron chi connectivity index (χ4n) is 7.31. The standard InChI is InChI=1S/C27H26F3N2O/c1-2-21-22-12-14-32(16-17-7-9-18(10-8-17)27(28,29)30)24(15-26(21,22)32)25(33)20-11-13-31-23-6-4-3-5-19(20)23/h2-11,13,21-22,24-25,33H,1,12,14-16H2/q+1/t21-,22?,24?,25?,26?,32?/m1/s1. The Labute approximate surface area is 190 Å². The van der Waals surface area contributed by atoms with E-state index in [0.717, 1.165) is 45.9 Å². The van der Waals surface area contributed by atoms with Crippen molar-refractivity contribution in [2.24, 2.45) is 11.8 Å². The number of pyridine rings is 1. The quantitative estimate of drug-likeness (QED) is 0.402. The lowest BCUT2D eigenvalue weighted by Crippen LogP contribution is -2.73. The highest BCUT2D eigenvalue weighted by molar-refractivity contribution is 5.82. The van der Waals surface area contributed by atoms with Crippen LogP contribution in [-0.4, -0.2) is 32.7 Å². The van der Waals surface area contributed by atoms with Crippen LogP contribution in [0.2, 0.25) is 0 Å². The normalized spacial score (nSPS) is 33.2. The summed E-state index contributed by atoms with van der Waals surface area (Å²) in [7, 11) is 0. The molecular weight excluding hydrogens is 425 g/mol. The van der Waals surface area contributed by atoms with Gasteiger partial charge in [0.05, 0.1) is 24.0 Å². The lowest BCUT2D eigenvalue weighted by atomic mass is 9.78. The molecule has 2 aliphatic heterocycles. The van der Waals surface area contributed by atoms with Gasteiger partial charge in [-0.1, -0.05) is 36.4 Å². The Morgan fingerprint density at radius 2 is 1.91 bits per heavy atom. The molecular formula is C27H26F3N2O+. The summed E-state index contributed by atoms with van der Waals surface area (Å²) >= 11 is 0. The first kappa shape index (κ1) is 20.9. The number of fused-ring (bicyclic) bond motifs is 1. The lowest BCUT2D eigenvalue weighted by Gasteiger charge is -2.60. The van der Waals surface area contributed by atoms with Gasteiger partial charge in [0.2, 0.25) is 0 Å². The topological polar surface area (TPSA) is 33.1 Å². The number of rotatable bonds is 5. The molecule has 2 saturated heterocycles. The minimum Gasteiger partial charge on any atom is -0.382 e. The van der Waals surface area contributed by atoms with Crippen molar-refractivity contribution in [3.05, 3.63) is 90.1 Å². The Morgan fingerprint density at radius 1 is 1.15 bits per heavy atom. The zero-order valence-electron chi connectivity index (χ0n) is 18.2. The molecule has 3 fully saturated rings. The first-order valence-corrected chi connectivity index (χ1v) is 11.5. The molecule has 3 aliphatic rings. The number of piperidine rings is 1. The van der Waals surface area contributed by atoms with Crippen LogP contribution in [0.5, 0.6) is 0 Å². The third-order valence-corrected chi connectivity index (χ3v) is 8.75. The average Bonchev–Trinajstić information content (AvgIpc) is 3.42. The Kier molecular flexibility index (Phi) is 4.37. The predicted octanol–water partition coefficient (Wildman–Crippen LogP) is 5.65. The lowest BCUT2D eigenvalue weighted by molar-refractivity contribution is -1.03. The molecule has 3 heterocycles. The summed E-state index contributed by atoms with van der Waals surface area (Å²) in [6.45, 7) is 5.62. The Bertz CT molecular complexity index is 1230. The van der Waals surface area contributed by atoms with Crippen molar-refractivity contribution in [2.45, 2.75) is 43.2 Å². The van der Waals surface area contributed by atoms with E-state index in [4.69, 9.17) is 0 Å². The SMILES string of the molecule is C=C[C@@H]1C2CC[N+]3(Cc4ccc(C(F)(F)F)cc4)C(C(O)c4ccnc5ccccc45)CC213. The van der Waals surface area contributed by atoms with Crippen LogP contribution < -0.4 is 0 Å². The molecule has 2 aromatic carbocycles. The highest BCUT2D eigenvalue weighted by atomic mass is 19.4. The summed E-state index contributed by atoms with van der Waals surface area (Å²) in [5.74, 6) is 0.973. The van der Waals surface area contributed by atoms with E-state index < -0.39 is 17.8 Å².